The SMILES string of the molecule is CC(=O)C1(c2cc(C(F)(F)F)ccc2NS(C)(=O)=O)CCCCC1. The Kier molecular flexibility index (Phi) is 4.99. The normalized spacial score (nSPS) is 18.2. The van der Waals surface area contributed by atoms with E-state index in [0.717, 1.165) is 30.9 Å². The van der Waals surface area contributed by atoms with Crippen molar-refractivity contribution < 1.29 is 26.4 Å². The van der Waals surface area contributed by atoms with Crippen LogP contribution in [-0.2, 0) is 26.4 Å². The van der Waals surface area contributed by atoms with Crippen LogP contribution in [0.25, 0.3) is 0 Å². The monoisotopic (exact) mass is 363 g/mol. The number of anilines is 1. The first-order valence-electron chi connectivity index (χ1n) is 7.66. The first-order chi connectivity index (χ1) is 11.0. The predicted octanol–water partition coefficient (Wildman–Crippen LogP) is 3.87. The molecular formula is C16H20F3NO3S. The molecule has 2 rings (SSSR count). The Labute approximate surface area is 139 Å². The lowest BCUT2D eigenvalue weighted by Crippen LogP contribution is -2.37. The van der Waals surface area contributed by atoms with Crippen LogP contribution in [-0.4, -0.2) is 20.5 Å². The van der Waals surface area contributed by atoms with Gasteiger partial charge in [0.15, 0.2) is 0 Å². The maximum atomic E-state index is 13.1. The number of carbonyl (C=O) groups is 1. The molecule has 8 heteroatoms. The lowest BCUT2D eigenvalue weighted by atomic mass is 9.66. The second-order valence-electron chi connectivity index (χ2n) is 6.33. The van der Waals surface area contributed by atoms with E-state index in [4.69, 9.17) is 0 Å². The van der Waals surface area contributed by atoms with Crippen molar-refractivity contribution in [3.63, 3.8) is 0 Å². The van der Waals surface area contributed by atoms with Crippen LogP contribution in [0.5, 0.6) is 0 Å². The van der Waals surface area contributed by atoms with Gasteiger partial charge in [-0.2, -0.15) is 13.2 Å². The number of benzene rings is 1. The van der Waals surface area contributed by atoms with Crippen molar-refractivity contribution in [1.82, 2.24) is 0 Å². The fourth-order valence-corrected chi connectivity index (χ4v) is 3.95. The Morgan fingerprint density at radius 3 is 2.21 bits per heavy atom. The van der Waals surface area contributed by atoms with Gasteiger partial charge in [-0.3, -0.25) is 9.52 Å². The molecule has 1 aliphatic carbocycles. The lowest BCUT2D eigenvalue weighted by Gasteiger charge is -2.37. The molecule has 1 saturated carbocycles. The van der Waals surface area contributed by atoms with Gasteiger partial charge in [-0.15, -0.1) is 0 Å². The van der Waals surface area contributed by atoms with E-state index in [1.807, 2.05) is 0 Å². The molecule has 0 saturated heterocycles. The highest BCUT2D eigenvalue weighted by Crippen LogP contribution is 2.45. The molecular weight excluding hydrogens is 343 g/mol. The Hall–Kier alpha value is -1.57. The number of halogens is 3. The molecule has 0 unspecified atom stereocenters. The number of hydrogen-bond acceptors (Lipinski definition) is 3. The summed E-state index contributed by atoms with van der Waals surface area (Å²) >= 11 is 0. The van der Waals surface area contributed by atoms with Crippen LogP contribution in [0.3, 0.4) is 0 Å². The highest BCUT2D eigenvalue weighted by atomic mass is 32.2. The van der Waals surface area contributed by atoms with Crippen molar-refractivity contribution in [3.8, 4) is 0 Å². The van der Waals surface area contributed by atoms with Gasteiger partial charge in [0, 0.05) is 0 Å². The summed E-state index contributed by atoms with van der Waals surface area (Å²) in [7, 11) is -3.68. The number of ketones is 1. The lowest BCUT2D eigenvalue weighted by molar-refractivity contribution is -0.137. The molecule has 1 aromatic rings. The Morgan fingerprint density at radius 1 is 1.17 bits per heavy atom. The third-order valence-corrected chi connectivity index (χ3v) is 5.13. The molecule has 0 aromatic heterocycles. The van der Waals surface area contributed by atoms with Crippen LogP contribution < -0.4 is 4.72 Å². The van der Waals surface area contributed by atoms with Crippen LogP contribution in [0, 0.1) is 0 Å². The van der Waals surface area contributed by atoms with Gasteiger partial charge in [0.05, 0.1) is 22.9 Å². The van der Waals surface area contributed by atoms with Crippen LogP contribution in [0.15, 0.2) is 18.2 Å². The minimum absolute atomic E-state index is 0.0441. The average Bonchev–Trinajstić information content (AvgIpc) is 2.45. The molecule has 134 valence electrons. The third kappa shape index (κ3) is 3.91. The number of alkyl halides is 3. The molecule has 0 heterocycles. The Morgan fingerprint density at radius 2 is 1.75 bits per heavy atom. The van der Waals surface area contributed by atoms with E-state index in [2.05, 4.69) is 4.72 Å². The Bertz CT molecular complexity index is 735. The first-order valence-corrected chi connectivity index (χ1v) is 9.55. The van der Waals surface area contributed by atoms with Crippen LogP contribution in [0.4, 0.5) is 18.9 Å². The third-order valence-electron chi connectivity index (χ3n) is 4.54. The molecule has 0 radical (unpaired) electrons. The zero-order valence-electron chi connectivity index (χ0n) is 13.5. The van der Waals surface area contributed by atoms with Crippen molar-refractivity contribution in [2.45, 2.75) is 50.6 Å². The second kappa shape index (κ2) is 6.38. The number of rotatable bonds is 4. The summed E-state index contributed by atoms with van der Waals surface area (Å²) in [6.07, 6.45) is -0.462. The maximum absolute atomic E-state index is 13.1. The summed E-state index contributed by atoms with van der Waals surface area (Å²) < 4.78 is 64.7. The number of sulfonamides is 1. The number of carbonyl (C=O) groups excluding carboxylic acids is 1. The molecule has 0 spiro atoms. The molecule has 0 atom stereocenters. The minimum atomic E-state index is -4.56. The van der Waals surface area contributed by atoms with Gasteiger partial charge in [-0.25, -0.2) is 8.42 Å². The number of Topliss-reactive ketones (excluding diaryl/α,β-unsaturated/α-hetero) is 1. The molecule has 0 bridgehead atoms. The molecule has 24 heavy (non-hydrogen) atoms. The van der Waals surface area contributed by atoms with E-state index in [1.54, 1.807) is 0 Å². The van der Waals surface area contributed by atoms with Gasteiger partial charge < -0.3 is 0 Å². The molecule has 1 N–H and O–H groups in total. The van der Waals surface area contributed by atoms with Gasteiger partial charge in [-0.05, 0) is 43.5 Å². The summed E-state index contributed by atoms with van der Waals surface area (Å²) in [4.78, 5) is 12.3. The maximum Gasteiger partial charge on any atom is 0.416 e. The van der Waals surface area contributed by atoms with Gasteiger partial charge >= 0.3 is 6.18 Å². The fourth-order valence-electron chi connectivity index (χ4n) is 3.37. The van der Waals surface area contributed by atoms with E-state index in [1.165, 1.54) is 6.92 Å². The summed E-state index contributed by atoms with van der Waals surface area (Å²) in [5, 5.41) is 0. The predicted molar refractivity (Wildman–Crippen MR) is 85.4 cm³/mol. The van der Waals surface area contributed by atoms with Gasteiger partial charge in [0.25, 0.3) is 0 Å². The first kappa shape index (κ1) is 18.8. The molecule has 0 amide bonds. The quantitative estimate of drug-likeness (QED) is 0.883. The average molecular weight is 363 g/mol. The zero-order chi connectivity index (χ0) is 18.2. The number of nitrogens with one attached hydrogen (secondary N) is 1. The summed E-state index contributed by atoms with van der Waals surface area (Å²) in [6, 6.07) is 2.84. The van der Waals surface area contributed by atoms with Crippen molar-refractivity contribution in [2.24, 2.45) is 0 Å². The van der Waals surface area contributed by atoms with Crippen LogP contribution in [0.1, 0.15) is 50.2 Å². The van der Waals surface area contributed by atoms with Crippen molar-refractivity contribution in [2.75, 3.05) is 11.0 Å². The van der Waals surface area contributed by atoms with Gasteiger partial charge in [0.2, 0.25) is 10.0 Å². The molecule has 0 aliphatic heterocycles. The summed E-state index contributed by atoms with van der Waals surface area (Å²) in [5.74, 6) is -0.238. The standard InChI is InChI=1S/C16H20F3NO3S/c1-11(21)15(8-4-3-5-9-15)13-10-12(16(17,18)19)6-7-14(13)20-24(2,22)23/h6-7,10,20H,3-5,8-9H2,1-2H3. The fraction of sp³-hybridized carbons (Fsp3) is 0.562. The van der Waals surface area contributed by atoms with Gasteiger partial charge in [-0.1, -0.05) is 19.3 Å². The summed E-state index contributed by atoms with van der Waals surface area (Å²) in [6.45, 7) is 1.36. The molecule has 4 nitrogen and oxygen atoms in total. The van der Waals surface area contributed by atoms with Gasteiger partial charge in [0.1, 0.15) is 5.78 Å². The van der Waals surface area contributed by atoms with E-state index >= 15 is 0 Å². The van der Waals surface area contributed by atoms with E-state index < -0.39 is 27.2 Å². The number of hydrogen-bond donors (Lipinski definition) is 1. The Balaban J connectivity index is 2.68. The van der Waals surface area contributed by atoms with Crippen molar-refractivity contribution in [1.29, 1.82) is 0 Å². The molecule has 1 aliphatic rings. The molecule has 1 fully saturated rings. The largest absolute Gasteiger partial charge is 0.416 e. The topological polar surface area (TPSA) is 63.2 Å². The van der Waals surface area contributed by atoms with E-state index in [0.29, 0.717) is 25.7 Å². The second-order valence-corrected chi connectivity index (χ2v) is 8.08. The van der Waals surface area contributed by atoms with Crippen molar-refractivity contribution in [3.05, 3.63) is 29.3 Å². The molecule has 1 aromatic carbocycles. The smallest absolute Gasteiger partial charge is 0.299 e. The summed E-state index contributed by atoms with van der Waals surface area (Å²) in [5.41, 5.74) is -1.80. The van der Waals surface area contributed by atoms with Crippen LogP contribution in [0.2, 0.25) is 0 Å². The minimum Gasteiger partial charge on any atom is -0.299 e. The zero-order valence-corrected chi connectivity index (χ0v) is 14.4. The van der Waals surface area contributed by atoms with Crippen molar-refractivity contribution >= 4 is 21.5 Å². The van der Waals surface area contributed by atoms with E-state index in [9.17, 15) is 26.4 Å². The van der Waals surface area contributed by atoms with Crippen LogP contribution >= 0.6 is 0 Å². The highest BCUT2D eigenvalue weighted by Gasteiger charge is 2.42. The van der Waals surface area contributed by atoms with E-state index in [-0.39, 0.29) is 17.0 Å². The highest BCUT2D eigenvalue weighted by molar-refractivity contribution is 7.92.